The second-order valence-electron chi connectivity index (χ2n) is 6.59. The molecular weight excluding hydrogens is 351 g/mol. The standard InChI is InChI=1S/C20H18ClFN4/c1-12(2)19-18(14-9-8-13(22)10-15(14)21)20(25(3)24-19)26-11-23-16-6-4-5-7-17(16)26/h4-12H,1-3H3. The highest BCUT2D eigenvalue weighted by Crippen LogP contribution is 2.39. The summed E-state index contributed by atoms with van der Waals surface area (Å²) in [6.07, 6.45) is 1.78. The molecule has 4 nitrogen and oxygen atoms in total. The summed E-state index contributed by atoms with van der Waals surface area (Å²) in [5.41, 5.74) is 4.45. The number of nitrogens with zero attached hydrogens (tertiary/aromatic N) is 4. The van der Waals surface area contributed by atoms with Crippen LogP contribution < -0.4 is 0 Å². The van der Waals surface area contributed by atoms with Gasteiger partial charge in [0, 0.05) is 18.2 Å². The topological polar surface area (TPSA) is 35.6 Å². The van der Waals surface area contributed by atoms with Gasteiger partial charge in [0.1, 0.15) is 18.0 Å². The maximum absolute atomic E-state index is 13.6. The van der Waals surface area contributed by atoms with Crippen LogP contribution in [-0.4, -0.2) is 19.3 Å². The van der Waals surface area contributed by atoms with Gasteiger partial charge in [-0.05, 0) is 36.2 Å². The van der Waals surface area contributed by atoms with Gasteiger partial charge in [0.25, 0.3) is 0 Å². The van der Waals surface area contributed by atoms with Crippen molar-refractivity contribution in [2.75, 3.05) is 0 Å². The lowest BCUT2D eigenvalue weighted by atomic mass is 9.99. The summed E-state index contributed by atoms with van der Waals surface area (Å²) in [5, 5.41) is 5.09. The fourth-order valence-corrected chi connectivity index (χ4v) is 3.56. The van der Waals surface area contributed by atoms with E-state index in [0.717, 1.165) is 33.7 Å². The third-order valence-electron chi connectivity index (χ3n) is 4.47. The molecule has 0 spiro atoms. The molecule has 0 aliphatic carbocycles. The van der Waals surface area contributed by atoms with Crippen LogP contribution in [0, 0.1) is 5.82 Å². The lowest BCUT2D eigenvalue weighted by molar-refractivity contribution is 0.628. The number of fused-ring (bicyclic) bond motifs is 1. The number of rotatable bonds is 3. The highest BCUT2D eigenvalue weighted by molar-refractivity contribution is 6.33. The Morgan fingerprint density at radius 3 is 2.62 bits per heavy atom. The monoisotopic (exact) mass is 368 g/mol. The summed E-state index contributed by atoms with van der Waals surface area (Å²) >= 11 is 6.40. The van der Waals surface area contributed by atoms with Crippen LogP contribution in [0.3, 0.4) is 0 Å². The lowest BCUT2D eigenvalue weighted by Crippen LogP contribution is -2.03. The summed E-state index contributed by atoms with van der Waals surface area (Å²) in [7, 11) is 1.90. The van der Waals surface area contributed by atoms with Crippen molar-refractivity contribution in [2.24, 2.45) is 7.05 Å². The number of halogens is 2. The summed E-state index contributed by atoms with van der Waals surface area (Å²) < 4.78 is 17.4. The Kier molecular flexibility index (Phi) is 4.04. The number of para-hydroxylation sites is 2. The van der Waals surface area contributed by atoms with Crippen LogP contribution in [0.1, 0.15) is 25.5 Å². The molecule has 132 valence electrons. The van der Waals surface area contributed by atoms with E-state index in [1.165, 1.54) is 12.1 Å². The van der Waals surface area contributed by atoms with Crippen molar-refractivity contribution in [3.63, 3.8) is 0 Å². The SMILES string of the molecule is CC(C)c1nn(C)c(-n2cnc3ccccc32)c1-c1ccc(F)cc1Cl. The fourth-order valence-electron chi connectivity index (χ4n) is 3.29. The molecule has 6 heteroatoms. The molecule has 0 aliphatic rings. The van der Waals surface area contributed by atoms with E-state index in [1.807, 2.05) is 40.6 Å². The molecule has 0 atom stereocenters. The maximum atomic E-state index is 13.6. The Balaban J connectivity index is 2.07. The summed E-state index contributed by atoms with van der Waals surface area (Å²) in [6.45, 7) is 4.16. The van der Waals surface area contributed by atoms with Crippen LogP contribution in [0.5, 0.6) is 0 Å². The fraction of sp³-hybridized carbons (Fsp3) is 0.200. The second-order valence-corrected chi connectivity index (χ2v) is 7.00. The predicted molar refractivity (Wildman–Crippen MR) is 102 cm³/mol. The first-order valence-electron chi connectivity index (χ1n) is 8.42. The molecule has 4 aromatic rings. The minimum absolute atomic E-state index is 0.181. The Labute approximate surface area is 155 Å². The highest BCUT2D eigenvalue weighted by Gasteiger charge is 2.24. The minimum Gasteiger partial charge on any atom is -0.283 e. The molecular formula is C20H18ClFN4. The van der Waals surface area contributed by atoms with Crippen molar-refractivity contribution in [1.82, 2.24) is 19.3 Å². The maximum Gasteiger partial charge on any atom is 0.144 e. The van der Waals surface area contributed by atoms with Crippen LogP contribution in [0.25, 0.3) is 28.0 Å². The molecule has 0 fully saturated rings. The average Bonchev–Trinajstić information content (AvgIpc) is 3.16. The molecule has 0 radical (unpaired) electrons. The second kappa shape index (κ2) is 6.25. The van der Waals surface area contributed by atoms with Gasteiger partial charge in [-0.2, -0.15) is 5.10 Å². The lowest BCUT2D eigenvalue weighted by Gasteiger charge is -2.12. The summed E-state index contributed by atoms with van der Waals surface area (Å²) in [5.74, 6) is 0.681. The summed E-state index contributed by atoms with van der Waals surface area (Å²) in [6, 6.07) is 12.4. The van der Waals surface area contributed by atoms with E-state index in [2.05, 4.69) is 18.8 Å². The van der Waals surface area contributed by atoms with Gasteiger partial charge in [-0.15, -0.1) is 0 Å². The van der Waals surface area contributed by atoms with Gasteiger partial charge < -0.3 is 0 Å². The van der Waals surface area contributed by atoms with E-state index in [9.17, 15) is 4.39 Å². The normalized spacial score (nSPS) is 11.6. The van der Waals surface area contributed by atoms with Gasteiger partial charge in [0.05, 0.1) is 21.7 Å². The Morgan fingerprint density at radius 1 is 1.12 bits per heavy atom. The number of imidazole rings is 1. The molecule has 2 heterocycles. The van der Waals surface area contributed by atoms with Crippen molar-refractivity contribution in [3.05, 3.63) is 65.3 Å². The molecule has 0 saturated heterocycles. The molecule has 0 saturated carbocycles. The van der Waals surface area contributed by atoms with Gasteiger partial charge in [-0.25, -0.2) is 9.37 Å². The van der Waals surface area contributed by atoms with Crippen molar-refractivity contribution in [1.29, 1.82) is 0 Å². The molecule has 0 aliphatic heterocycles. The molecule has 4 rings (SSSR count). The molecule has 0 unspecified atom stereocenters. The van der Waals surface area contributed by atoms with E-state index < -0.39 is 0 Å². The third-order valence-corrected chi connectivity index (χ3v) is 4.79. The van der Waals surface area contributed by atoms with Crippen LogP contribution in [0.15, 0.2) is 48.8 Å². The number of hydrogen-bond donors (Lipinski definition) is 0. The van der Waals surface area contributed by atoms with E-state index >= 15 is 0 Å². The first-order valence-corrected chi connectivity index (χ1v) is 8.80. The van der Waals surface area contributed by atoms with E-state index in [1.54, 1.807) is 12.4 Å². The van der Waals surface area contributed by atoms with Crippen molar-refractivity contribution < 1.29 is 4.39 Å². The zero-order valence-corrected chi connectivity index (χ0v) is 15.5. The van der Waals surface area contributed by atoms with E-state index in [4.69, 9.17) is 16.7 Å². The predicted octanol–water partition coefficient (Wildman–Crippen LogP) is 5.34. The molecule has 26 heavy (non-hydrogen) atoms. The van der Waals surface area contributed by atoms with Crippen molar-refractivity contribution >= 4 is 22.6 Å². The first-order chi connectivity index (χ1) is 12.5. The van der Waals surface area contributed by atoms with Crippen LogP contribution >= 0.6 is 11.6 Å². The van der Waals surface area contributed by atoms with Crippen LogP contribution in [-0.2, 0) is 7.05 Å². The zero-order valence-electron chi connectivity index (χ0n) is 14.7. The van der Waals surface area contributed by atoms with Crippen LogP contribution in [0.2, 0.25) is 5.02 Å². The quantitative estimate of drug-likeness (QED) is 0.489. The van der Waals surface area contributed by atoms with Gasteiger partial charge in [-0.3, -0.25) is 9.25 Å². The molecule has 0 amide bonds. The average molecular weight is 369 g/mol. The molecule has 2 aromatic heterocycles. The van der Waals surface area contributed by atoms with E-state index in [-0.39, 0.29) is 11.7 Å². The van der Waals surface area contributed by atoms with Crippen molar-refractivity contribution in [2.45, 2.75) is 19.8 Å². The smallest absolute Gasteiger partial charge is 0.144 e. The molecule has 0 bridgehead atoms. The van der Waals surface area contributed by atoms with Gasteiger partial charge >= 0.3 is 0 Å². The minimum atomic E-state index is -0.358. The van der Waals surface area contributed by atoms with Gasteiger partial charge in [-0.1, -0.05) is 37.6 Å². The molecule has 2 aromatic carbocycles. The molecule has 0 N–H and O–H groups in total. The largest absolute Gasteiger partial charge is 0.283 e. The zero-order chi connectivity index (χ0) is 18.4. The highest BCUT2D eigenvalue weighted by atomic mass is 35.5. The first kappa shape index (κ1) is 16.8. The van der Waals surface area contributed by atoms with Gasteiger partial charge in [0.2, 0.25) is 0 Å². The van der Waals surface area contributed by atoms with Gasteiger partial charge in [0.15, 0.2) is 0 Å². The Hall–Kier alpha value is -2.66. The number of aromatic nitrogens is 4. The summed E-state index contributed by atoms with van der Waals surface area (Å²) in [4.78, 5) is 4.49. The van der Waals surface area contributed by atoms with Crippen molar-refractivity contribution in [3.8, 4) is 16.9 Å². The number of hydrogen-bond acceptors (Lipinski definition) is 2. The van der Waals surface area contributed by atoms with Crippen LogP contribution in [0.4, 0.5) is 4.39 Å². The Bertz CT molecular complexity index is 1110. The number of benzene rings is 2. The number of aryl methyl sites for hydroxylation is 1. The Morgan fingerprint density at radius 2 is 1.88 bits per heavy atom. The van der Waals surface area contributed by atoms with E-state index in [0.29, 0.717) is 5.02 Å². The third kappa shape index (κ3) is 2.59.